The van der Waals surface area contributed by atoms with Crippen LogP contribution in [0.5, 0.6) is 0 Å². The van der Waals surface area contributed by atoms with E-state index in [-0.39, 0.29) is 17.2 Å². The number of amides is 1. The summed E-state index contributed by atoms with van der Waals surface area (Å²) in [6, 6.07) is 0. The smallest absolute Gasteiger partial charge is 0.207 e. The second-order valence-corrected chi connectivity index (χ2v) is 7.14. The molecule has 0 aromatic rings. The van der Waals surface area contributed by atoms with Crippen LogP contribution in [0.15, 0.2) is 11.6 Å². The van der Waals surface area contributed by atoms with E-state index in [2.05, 4.69) is 19.2 Å². The molecule has 0 radical (unpaired) electrons. The predicted octanol–water partition coefficient (Wildman–Crippen LogP) is 2.17. The Balaban J connectivity index is 1.88. The highest BCUT2D eigenvalue weighted by molar-refractivity contribution is 5.47. The van der Waals surface area contributed by atoms with E-state index in [1.807, 2.05) is 19.9 Å². The third kappa shape index (κ3) is 3.41. The van der Waals surface area contributed by atoms with Crippen molar-refractivity contribution in [3.8, 4) is 0 Å². The number of aliphatic hydroxyl groups is 1. The van der Waals surface area contributed by atoms with Crippen molar-refractivity contribution < 1.29 is 14.6 Å². The van der Waals surface area contributed by atoms with Gasteiger partial charge in [-0.1, -0.05) is 11.6 Å². The lowest BCUT2D eigenvalue weighted by Crippen LogP contribution is -2.44. The highest BCUT2D eigenvalue weighted by Gasteiger charge is 2.51. The van der Waals surface area contributed by atoms with Crippen LogP contribution in [0.1, 0.15) is 53.4 Å². The third-order valence-corrected chi connectivity index (χ3v) is 4.94. The second-order valence-electron chi connectivity index (χ2n) is 7.14. The molecule has 0 unspecified atom stereocenters. The zero-order valence-electron chi connectivity index (χ0n) is 13.0. The van der Waals surface area contributed by atoms with E-state index in [0.29, 0.717) is 5.92 Å². The third-order valence-electron chi connectivity index (χ3n) is 4.94. The molecule has 2 N–H and O–H groups in total. The van der Waals surface area contributed by atoms with Crippen molar-refractivity contribution in [2.24, 2.45) is 5.92 Å². The number of hydrogen-bond donors (Lipinski definition) is 2. The molecule has 1 saturated heterocycles. The van der Waals surface area contributed by atoms with Gasteiger partial charge in [-0.15, -0.1) is 0 Å². The summed E-state index contributed by atoms with van der Waals surface area (Å²) in [6.07, 6.45) is 6.28. The van der Waals surface area contributed by atoms with Gasteiger partial charge >= 0.3 is 0 Å². The molecule has 2 atom stereocenters. The molecule has 2 rings (SSSR count). The monoisotopic (exact) mass is 281 g/mol. The fourth-order valence-corrected chi connectivity index (χ4v) is 3.26. The Morgan fingerprint density at radius 1 is 1.35 bits per heavy atom. The molecule has 2 aliphatic rings. The van der Waals surface area contributed by atoms with Crippen LogP contribution >= 0.6 is 0 Å². The first-order chi connectivity index (χ1) is 9.27. The molecule has 4 nitrogen and oxygen atoms in total. The van der Waals surface area contributed by atoms with Crippen LogP contribution in [0, 0.1) is 5.92 Å². The van der Waals surface area contributed by atoms with Gasteiger partial charge in [-0.05, 0) is 59.3 Å². The van der Waals surface area contributed by atoms with Crippen molar-refractivity contribution in [1.82, 2.24) is 5.32 Å². The molecule has 2 fully saturated rings. The highest BCUT2D eigenvalue weighted by Crippen LogP contribution is 2.40. The number of aliphatic hydroxyl groups excluding tert-OH is 1. The lowest BCUT2D eigenvalue weighted by Gasteiger charge is -2.37. The lowest BCUT2D eigenvalue weighted by atomic mass is 9.75. The zero-order chi connectivity index (χ0) is 15.0. The van der Waals surface area contributed by atoms with Crippen LogP contribution in [-0.2, 0) is 9.53 Å². The van der Waals surface area contributed by atoms with Crippen LogP contribution in [0.3, 0.4) is 0 Å². The largest absolute Gasteiger partial charge is 0.386 e. The first-order valence-corrected chi connectivity index (χ1v) is 7.53. The summed E-state index contributed by atoms with van der Waals surface area (Å²) >= 11 is 0. The molecular formula is C16H27NO3. The first-order valence-electron chi connectivity index (χ1n) is 7.53. The van der Waals surface area contributed by atoms with Crippen molar-refractivity contribution in [1.29, 1.82) is 0 Å². The van der Waals surface area contributed by atoms with Gasteiger partial charge in [0.1, 0.15) is 12.2 Å². The van der Waals surface area contributed by atoms with E-state index in [9.17, 15) is 9.90 Å². The maximum Gasteiger partial charge on any atom is 0.207 e. The van der Waals surface area contributed by atoms with Crippen LogP contribution in [0.25, 0.3) is 0 Å². The van der Waals surface area contributed by atoms with Crippen molar-refractivity contribution in [3.05, 3.63) is 11.6 Å². The van der Waals surface area contributed by atoms with Gasteiger partial charge in [-0.25, -0.2) is 0 Å². The number of hydrogen-bond acceptors (Lipinski definition) is 3. The molecule has 1 aliphatic heterocycles. The molecule has 114 valence electrons. The molecule has 0 spiro atoms. The van der Waals surface area contributed by atoms with E-state index in [1.54, 1.807) is 0 Å². The van der Waals surface area contributed by atoms with Gasteiger partial charge in [0.25, 0.3) is 0 Å². The minimum atomic E-state index is -0.508. The summed E-state index contributed by atoms with van der Waals surface area (Å²) in [7, 11) is 0. The summed E-state index contributed by atoms with van der Waals surface area (Å²) < 4.78 is 5.48. The summed E-state index contributed by atoms with van der Waals surface area (Å²) in [4.78, 5) is 10.6. The van der Waals surface area contributed by atoms with Gasteiger partial charge in [0.15, 0.2) is 0 Å². The van der Waals surface area contributed by atoms with Crippen LogP contribution in [-0.4, -0.2) is 34.9 Å². The average Bonchev–Trinajstić information content (AvgIpc) is 2.99. The molecule has 0 bridgehead atoms. The summed E-state index contributed by atoms with van der Waals surface area (Å²) in [6.45, 7) is 8.20. The lowest BCUT2D eigenvalue weighted by molar-refractivity contribution is -0.111. The van der Waals surface area contributed by atoms with Gasteiger partial charge < -0.3 is 15.2 Å². The van der Waals surface area contributed by atoms with E-state index in [0.717, 1.165) is 32.1 Å². The summed E-state index contributed by atoms with van der Waals surface area (Å²) in [5, 5.41) is 13.1. The molecular weight excluding hydrogens is 254 g/mol. The molecule has 1 aliphatic carbocycles. The van der Waals surface area contributed by atoms with E-state index in [1.165, 1.54) is 5.57 Å². The molecule has 1 amide bonds. The SMILES string of the molecule is C/C(=C\[C@@H](O)[C@H]1OC1(C)C)C1CCC(C)(NC=O)CC1. The van der Waals surface area contributed by atoms with Crippen molar-refractivity contribution >= 4 is 6.41 Å². The van der Waals surface area contributed by atoms with E-state index in [4.69, 9.17) is 4.74 Å². The maximum atomic E-state index is 10.6. The first kappa shape index (κ1) is 15.5. The van der Waals surface area contributed by atoms with Crippen molar-refractivity contribution in [2.75, 3.05) is 0 Å². The molecule has 0 aromatic heterocycles. The topological polar surface area (TPSA) is 61.9 Å². The van der Waals surface area contributed by atoms with Gasteiger partial charge in [0, 0.05) is 5.54 Å². The molecule has 20 heavy (non-hydrogen) atoms. The average molecular weight is 281 g/mol. The van der Waals surface area contributed by atoms with Crippen molar-refractivity contribution in [2.45, 2.75) is 76.7 Å². The second kappa shape index (κ2) is 5.49. The summed E-state index contributed by atoms with van der Waals surface area (Å²) in [5.74, 6) is 0.507. The predicted molar refractivity (Wildman–Crippen MR) is 78.3 cm³/mol. The maximum absolute atomic E-state index is 10.6. The number of rotatable bonds is 5. The Bertz CT molecular complexity index is 395. The van der Waals surface area contributed by atoms with Crippen LogP contribution in [0.4, 0.5) is 0 Å². The number of carbonyl (C=O) groups excluding carboxylic acids is 1. The van der Waals surface area contributed by atoms with Gasteiger partial charge in [-0.3, -0.25) is 4.79 Å². The quantitative estimate of drug-likeness (QED) is 0.461. The standard InChI is InChI=1S/C16H27NO3/c1-11(9-13(19)14-15(2,3)20-14)12-5-7-16(4,8-6-12)17-10-18/h9-10,12-14,19H,5-8H2,1-4H3,(H,17,18)/b11-9+/t12?,13-,14-,16?/m1/s1. The number of ether oxygens (including phenoxy) is 1. The van der Waals surface area contributed by atoms with Crippen LogP contribution < -0.4 is 5.32 Å². The minimum absolute atomic E-state index is 0.0568. The highest BCUT2D eigenvalue weighted by atomic mass is 16.6. The fourth-order valence-electron chi connectivity index (χ4n) is 3.26. The molecule has 4 heteroatoms. The van der Waals surface area contributed by atoms with Crippen molar-refractivity contribution in [3.63, 3.8) is 0 Å². The van der Waals surface area contributed by atoms with E-state index >= 15 is 0 Å². The fraction of sp³-hybridized carbons (Fsp3) is 0.812. The Morgan fingerprint density at radius 3 is 2.35 bits per heavy atom. The van der Waals surface area contributed by atoms with Gasteiger partial charge in [0.05, 0.1) is 5.60 Å². The number of nitrogens with one attached hydrogen (secondary N) is 1. The van der Waals surface area contributed by atoms with E-state index < -0.39 is 6.10 Å². The molecule has 1 heterocycles. The summed E-state index contributed by atoms with van der Waals surface area (Å²) in [5.41, 5.74) is 1.01. The minimum Gasteiger partial charge on any atom is -0.386 e. The Labute approximate surface area is 121 Å². The number of carbonyl (C=O) groups is 1. The zero-order valence-corrected chi connectivity index (χ0v) is 13.0. The normalized spacial score (nSPS) is 38.1. The Morgan fingerprint density at radius 2 is 1.90 bits per heavy atom. The number of epoxide rings is 1. The van der Waals surface area contributed by atoms with Crippen LogP contribution in [0.2, 0.25) is 0 Å². The Hall–Kier alpha value is -0.870. The Kier molecular flexibility index (Phi) is 4.26. The van der Waals surface area contributed by atoms with Gasteiger partial charge in [0.2, 0.25) is 6.41 Å². The van der Waals surface area contributed by atoms with Gasteiger partial charge in [-0.2, -0.15) is 0 Å². The molecule has 0 aromatic carbocycles. The molecule has 1 saturated carbocycles. The number of allylic oxidation sites excluding steroid dienone is 1.